The summed E-state index contributed by atoms with van der Waals surface area (Å²) in [6.45, 7) is 9.36. The van der Waals surface area contributed by atoms with Crippen LogP contribution in [0.15, 0.2) is 47.1 Å². The first-order chi connectivity index (χ1) is 15.3. The Labute approximate surface area is 189 Å². The van der Waals surface area contributed by atoms with Crippen molar-refractivity contribution in [2.75, 3.05) is 11.9 Å². The van der Waals surface area contributed by atoms with E-state index in [0.29, 0.717) is 23.4 Å². The lowest BCUT2D eigenvalue weighted by molar-refractivity contribution is 0.0635. The third-order valence-electron chi connectivity index (χ3n) is 6.50. The molecule has 4 rings (SSSR count). The van der Waals surface area contributed by atoms with Crippen LogP contribution < -0.4 is 5.32 Å². The van der Waals surface area contributed by atoms with Crippen LogP contribution in [-0.2, 0) is 6.54 Å². The van der Waals surface area contributed by atoms with Crippen LogP contribution in [0.1, 0.15) is 69.6 Å². The molecule has 2 aromatic heterocycles. The van der Waals surface area contributed by atoms with Crippen molar-refractivity contribution in [3.05, 3.63) is 76.5 Å². The van der Waals surface area contributed by atoms with Crippen LogP contribution in [0.2, 0.25) is 0 Å². The number of nitrogens with zero attached hydrogens (tertiary/aromatic N) is 2. The second-order valence-corrected chi connectivity index (χ2v) is 8.78. The summed E-state index contributed by atoms with van der Waals surface area (Å²) in [5, 5.41) is 3.02. The molecule has 0 aliphatic carbocycles. The first-order valence-corrected chi connectivity index (χ1v) is 11.3. The topological polar surface area (TPSA) is 67.5 Å². The van der Waals surface area contributed by atoms with Crippen molar-refractivity contribution in [2.45, 2.75) is 59.5 Å². The van der Waals surface area contributed by atoms with E-state index in [1.165, 1.54) is 6.42 Å². The molecule has 0 radical (unpaired) electrons. The van der Waals surface area contributed by atoms with Gasteiger partial charge in [0.05, 0.1) is 18.4 Å². The van der Waals surface area contributed by atoms with Gasteiger partial charge in [0.1, 0.15) is 5.76 Å². The third-order valence-corrected chi connectivity index (χ3v) is 6.50. The standard InChI is InChI=1S/C26H31N3O3/c1-17-14-21(26(31)28-12-6-5-8-18(28)2)10-11-24(17)27-25(30)23-15-19(3)29(20(23)4)16-22-9-7-13-32-22/h7,9-11,13-15,18H,5-6,8,12,16H2,1-4H3,(H,27,30). The number of hydrogen-bond acceptors (Lipinski definition) is 3. The number of benzene rings is 1. The maximum atomic E-state index is 13.0. The number of likely N-dealkylation sites (tertiary alicyclic amines) is 1. The Morgan fingerprint density at radius 2 is 1.94 bits per heavy atom. The van der Waals surface area contributed by atoms with E-state index in [1.54, 1.807) is 6.26 Å². The monoisotopic (exact) mass is 433 g/mol. The van der Waals surface area contributed by atoms with Gasteiger partial charge < -0.3 is 19.2 Å². The molecule has 0 bridgehead atoms. The van der Waals surface area contributed by atoms with Gasteiger partial charge in [-0.15, -0.1) is 0 Å². The molecule has 168 valence electrons. The summed E-state index contributed by atoms with van der Waals surface area (Å²) < 4.78 is 7.53. The second-order valence-electron chi connectivity index (χ2n) is 8.78. The van der Waals surface area contributed by atoms with Crippen molar-refractivity contribution in [3.63, 3.8) is 0 Å². The second kappa shape index (κ2) is 9.07. The Balaban J connectivity index is 1.50. The molecule has 6 nitrogen and oxygen atoms in total. The molecule has 1 atom stereocenters. The molecule has 3 heterocycles. The van der Waals surface area contributed by atoms with Crippen LogP contribution in [0, 0.1) is 20.8 Å². The lowest BCUT2D eigenvalue weighted by Gasteiger charge is -2.33. The molecule has 1 unspecified atom stereocenters. The van der Waals surface area contributed by atoms with Crippen molar-refractivity contribution in [1.82, 2.24) is 9.47 Å². The summed E-state index contributed by atoms with van der Waals surface area (Å²) in [7, 11) is 0. The van der Waals surface area contributed by atoms with Crippen molar-refractivity contribution in [1.29, 1.82) is 0 Å². The zero-order valence-corrected chi connectivity index (χ0v) is 19.3. The zero-order valence-electron chi connectivity index (χ0n) is 19.3. The van der Waals surface area contributed by atoms with E-state index in [-0.39, 0.29) is 17.9 Å². The van der Waals surface area contributed by atoms with Crippen molar-refractivity contribution in [2.24, 2.45) is 0 Å². The molecule has 6 heteroatoms. The number of amides is 2. The van der Waals surface area contributed by atoms with Gasteiger partial charge in [-0.2, -0.15) is 0 Å². The molecule has 1 fully saturated rings. The maximum Gasteiger partial charge on any atom is 0.257 e. The van der Waals surface area contributed by atoms with E-state index in [2.05, 4.69) is 16.8 Å². The van der Waals surface area contributed by atoms with Gasteiger partial charge in [-0.25, -0.2) is 0 Å². The fourth-order valence-electron chi connectivity index (χ4n) is 4.52. The SMILES string of the molecule is Cc1cc(C(=O)N2CCCCC2C)ccc1NC(=O)c1cc(C)n(Cc2ccco2)c1C. The minimum Gasteiger partial charge on any atom is -0.467 e. The fourth-order valence-corrected chi connectivity index (χ4v) is 4.52. The highest BCUT2D eigenvalue weighted by atomic mass is 16.3. The first-order valence-electron chi connectivity index (χ1n) is 11.3. The fraction of sp³-hybridized carbons (Fsp3) is 0.385. The van der Waals surface area contributed by atoms with E-state index < -0.39 is 0 Å². The van der Waals surface area contributed by atoms with Gasteiger partial charge in [-0.05, 0) is 88.9 Å². The lowest BCUT2D eigenvalue weighted by atomic mass is 10.0. The Bertz CT molecular complexity index is 1130. The highest BCUT2D eigenvalue weighted by Crippen LogP contribution is 2.24. The Kier molecular flexibility index (Phi) is 6.21. The summed E-state index contributed by atoms with van der Waals surface area (Å²) in [6.07, 6.45) is 4.94. The normalized spacial score (nSPS) is 16.2. The van der Waals surface area contributed by atoms with Crippen LogP contribution >= 0.6 is 0 Å². The minimum atomic E-state index is -0.157. The molecular weight excluding hydrogens is 402 g/mol. The molecule has 0 spiro atoms. The number of carbonyl (C=O) groups is 2. The molecule has 3 aromatic rings. The summed E-state index contributed by atoms with van der Waals surface area (Å²) in [6, 6.07) is 11.5. The van der Waals surface area contributed by atoms with E-state index in [4.69, 9.17) is 4.42 Å². The van der Waals surface area contributed by atoms with Crippen LogP contribution in [-0.4, -0.2) is 33.9 Å². The number of aryl methyl sites for hydroxylation is 2. The predicted molar refractivity (Wildman–Crippen MR) is 125 cm³/mol. The molecule has 1 aliphatic heterocycles. The molecule has 1 aliphatic rings. The highest BCUT2D eigenvalue weighted by Gasteiger charge is 2.24. The van der Waals surface area contributed by atoms with Crippen LogP contribution in [0.25, 0.3) is 0 Å². The first kappa shape index (κ1) is 21.9. The largest absolute Gasteiger partial charge is 0.467 e. The molecule has 1 aromatic carbocycles. The average Bonchev–Trinajstić information content (AvgIpc) is 3.39. The smallest absolute Gasteiger partial charge is 0.257 e. The van der Waals surface area contributed by atoms with Gasteiger partial charge in [0, 0.05) is 35.2 Å². The van der Waals surface area contributed by atoms with Crippen molar-refractivity contribution in [3.8, 4) is 0 Å². The number of rotatable bonds is 5. The summed E-state index contributed by atoms with van der Waals surface area (Å²) >= 11 is 0. The summed E-state index contributed by atoms with van der Waals surface area (Å²) in [4.78, 5) is 28.0. The highest BCUT2D eigenvalue weighted by molar-refractivity contribution is 6.06. The molecule has 2 amide bonds. The number of hydrogen-bond donors (Lipinski definition) is 1. The number of anilines is 1. The van der Waals surface area contributed by atoms with Gasteiger partial charge in [0.25, 0.3) is 11.8 Å². The van der Waals surface area contributed by atoms with Crippen molar-refractivity contribution < 1.29 is 14.0 Å². The van der Waals surface area contributed by atoms with Gasteiger partial charge in [-0.3, -0.25) is 9.59 Å². The third kappa shape index (κ3) is 4.35. The average molecular weight is 434 g/mol. The number of aromatic nitrogens is 1. The Hall–Kier alpha value is -3.28. The van der Waals surface area contributed by atoms with Crippen molar-refractivity contribution >= 4 is 17.5 Å². The van der Waals surface area contributed by atoms with Crippen LogP contribution in [0.5, 0.6) is 0 Å². The number of carbonyl (C=O) groups excluding carboxylic acids is 2. The van der Waals surface area contributed by atoms with Gasteiger partial charge in [-0.1, -0.05) is 0 Å². The lowest BCUT2D eigenvalue weighted by Crippen LogP contribution is -2.42. The van der Waals surface area contributed by atoms with E-state index in [9.17, 15) is 9.59 Å². The molecule has 32 heavy (non-hydrogen) atoms. The van der Waals surface area contributed by atoms with Gasteiger partial charge in [0.2, 0.25) is 0 Å². The molecule has 0 saturated carbocycles. The van der Waals surface area contributed by atoms with Gasteiger partial charge >= 0.3 is 0 Å². The molecule has 1 saturated heterocycles. The molecular formula is C26H31N3O3. The Morgan fingerprint density at radius 1 is 1.12 bits per heavy atom. The maximum absolute atomic E-state index is 13.0. The van der Waals surface area contributed by atoms with Crippen LogP contribution in [0.4, 0.5) is 5.69 Å². The van der Waals surface area contributed by atoms with E-state index in [1.807, 2.05) is 62.1 Å². The number of furan rings is 1. The number of nitrogens with one attached hydrogen (secondary N) is 1. The van der Waals surface area contributed by atoms with E-state index in [0.717, 1.165) is 42.1 Å². The summed E-state index contributed by atoms with van der Waals surface area (Å²) in [5.74, 6) is 0.758. The van der Waals surface area contributed by atoms with Crippen LogP contribution in [0.3, 0.4) is 0 Å². The molecule has 1 N–H and O–H groups in total. The zero-order chi connectivity index (χ0) is 22.8. The number of piperidine rings is 1. The van der Waals surface area contributed by atoms with E-state index >= 15 is 0 Å². The minimum absolute atomic E-state index is 0.0691. The summed E-state index contributed by atoms with van der Waals surface area (Å²) in [5.41, 5.74) is 4.78. The van der Waals surface area contributed by atoms with Gasteiger partial charge in [0.15, 0.2) is 0 Å². The Morgan fingerprint density at radius 3 is 2.62 bits per heavy atom. The predicted octanol–water partition coefficient (Wildman–Crippen LogP) is 5.32. The quantitative estimate of drug-likeness (QED) is 0.592.